The topological polar surface area (TPSA) is 68.6 Å². The van der Waals surface area contributed by atoms with Crippen molar-refractivity contribution in [2.24, 2.45) is 0 Å². The second-order valence-corrected chi connectivity index (χ2v) is 4.79. The fourth-order valence-electron chi connectivity index (χ4n) is 1.81. The van der Waals surface area contributed by atoms with Crippen molar-refractivity contribution in [3.05, 3.63) is 22.6 Å². The van der Waals surface area contributed by atoms with Crippen molar-refractivity contribution < 1.29 is 9.47 Å². The molecule has 1 heterocycles. The SMILES string of the molecule is COCCCNCCn1ncc(N(C)CCOC)cc1=O. The monoisotopic (exact) mass is 298 g/mol. The van der Waals surface area contributed by atoms with Crippen molar-refractivity contribution >= 4 is 5.69 Å². The molecule has 0 aliphatic carbocycles. The normalized spacial score (nSPS) is 10.8. The Morgan fingerprint density at radius 2 is 2.05 bits per heavy atom. The van der Waals surface area contributed by atoms with E-state index in [1.54, 1.807) is 26.5 Å². The van der Waals surface area contributed by atoms with Gasteiger partial charge in [-0.15, -0.1) is 0 Å². The number of aromatic nitrogens is 2. The van der Waals surface area contributed by atoms with Crippen molar-refractivity contribution in [3.63, 3.8) is 0 Å². The Balaban J connectivity index is 2.41. The minimum atomic E-state index is -0.0875. The number of hydrogen-bond donors (Lipinski definition) is 1. The van der Waals surface area contributed by atoms with E-state index in [1.165, 1.54) is 4.68 Å². The Kier molecular flexibility index (Phi) is 8.65. The summed E-state index contributed by atoms with van der Waals surface area (Å²) in [6.45, 7) is 4.24. The zero-order valence-corrected chi connectivity index (χ0v) is 13.2. The molecule has 7 heteroatoms. The first-order valence-electron chi connectivity index (χ1n) is 7.16. The summed E-state index contributed by atoms with van der Waals surface area (Å²) in [7, 11) is 5.26. The van der Waals surface area contributed by atoms with Crippen LogP contribution in [0.1, 0.15) is 6.42 Å². The Bertz CT molecular complexity index is 450. The second-order valence-electron chi connectivity index (χ2n) is 4.79. The van der Waals surface area contributed by atoms with E-state index in [-0.39, 0.29) is 5.56 Å². The highest BCUT2D eigenvalue weighted by Gasteiger charge is 2.04. The molecule has 0 radical (unpaired) electrons. The van der Waals surface area contributed by atoms with Gasteiger partial charge in [0.2, 0.25) is 0 Å². The molecule has 0 atom stereocenters. The molecule has 21 heavy (non-hydrogen) atoms. The number of ether oxygens (including phenoxy) is 2. The predicted octanol–water partition coefficient (Wildman–Crippen LogP) is -0.0480. The van der Waals surface area contributed by atoms with Crippen LogP contribution in [0.15, 0.2) is 17.1 Å². The zero-order chi connectivity index (χ0) is 15.5. The molecule has 0 spiro atoms. The fourth-order valence-corrected chi connectivity index (χ4v) is 1.81. The standard InChI is InChI=1S/C14H26N4O3/c1-17(8-10-21-3)13-11-14(19)18(16-12-13)7-6-15-5-4-9-20-2/h11-12,15H,4-10H2,1-3H3. The quantitative estimate of drug-likeness (QED) is 0.578. The van der Waals surface area contributed by atoms with Gasteiger partial charge in [-0.2, -0.15) is 5.10 Å². The smallest absolute Gasteiger partial charge is 0.268 e. The minimum absolute atomic E-state index is 0.0875. The number of nitrogens with zero attached hydrogens (tertiary/aromatic N) is 3. The summed E-state index contributed by atoms with van der Waals surface area (Å²) in [6, 6.07) is 1.60. The molecule has 0 saturated heterocycles. The molecule has 0 aliphatic heterocycles. The van der Waals surface area contributed by atoms with Crippen molar-refractivity contribution in [1.29, 1.82) is 0 Å². The third kappa shape index (κ3) is 6.70. The molecule has 1 aromatic rings. The molecule has 0 unspecified atom stereocenters. The lowest BCUT2D eigenvalue weighted by molar-refractivity contribution is 0.194. The summed E-state index contributed by atoms with van der Waals surface area (Å²) in [5.41, 5.74) is 0.719. The van der Waals surface area contributed by atoms with E-state index in [9.17, 15) is 4.79 Å². The second kappa shape index (κ2) is 10.3. The van der Waals surface area contributed by atoms with Crippen molar-refractivity contribution in [2.45, 2.75) is 13.0 Å². The van der Waals surface area contributed by atoms with Crippen LogP contribution in [0.5, 0.6) is 0 Å². The van der Waals surface area contributed by atoms with Crippen LogP contribution >= 0.6 is 0 Å². The van der Waals surface area contributed by atoms with Gasteiger partial charge in [0.15, 0.2) is 0 Å². The first-order chi connectivity index (χ1) is 10.2. The maximum Gasteiger partial charge on any atom is 0.268 e. The lowest BCUT2D eigenvalue weighted by atomic mass is 10.4. The maximum atomic E-state index is 12.0. The van der Waals surface area contributed by atoms with Crippen molar-refractivity contribution in [2.75, 3.05) is 59.0 Å². The third-order valence-electron chi connectivity index (χ3n) is 3.13. The van der Waals surface area contributed by atoms with E-state index in [1.807, 2.05) is 11.9 Å². The summed E-state index contributed by atoms with van der Waals surface area (Å²) in [5.74, 6) is 0. The van der Waals surface area contributed by atoms with E-state index in [2.05, 4.69) is 10.4 Å². The van der Waals surface area contributed by atoms with Gasteiger partial charge in [-0.3, -0.25) is 4.79 Å². The number of methoxy groups -OCH3 is 2. The highest BCUT2D eigenvalue weighted by molar-refractivity contribution is 5.41. The first-order valence-corrected chi connectivity index (χ1v) is 7.16. The van der Waals surface area contributed by atoms with Crippen molar-refractivity contribution in [1.82, 2.24) is 15.1 Å². The van der Waals surface area contributed by atoms with Crippen LogP contribution in [-0.4, -0.2) is 63.9 Å². The number of hydrogen-bond acceptors (Lipinski definition) is 6. The molecule has 0 aliphatic rings. The maximum absolute atomic E-state index is 12.0. The Morgan fingerprint density at radius 1 is 1.29 bits per heavy atom. The van der Waals surface area contributed by atoms with E-state index in [0.29, 0.717) is 13.2 Å². The average Bonchev–Trinajstić information content (AvgIpc) is 2.49. The summed E-state index contributed by atoms with van der Waals surface area (Å²) in [4.78, 5) is 13.9. The van der Waals surface area contributed by atoms with Gasteiger partial charge in [0.1, 0.15) is 0 Å². The van der Waals surface area contributed by atoms with Gasteiger partial charge in [-0.25, -0.2) is 4.68 Å². The van der Waals surface area contributed by atoms with Crippen LogP contribution in [0.3, 0.4) is 0 Å². The fraction of sp³-hybridized carbons (Fsp3) is 0.714. The van der Waals surface area contributed by atoms with Gasteiger partial charge in [0, 0.05) is 47.0 Å². The lowest BCUT2D eigenvalue weighted by Gasteiger charge is -2.18. The lowest BCUT2D eigenvalue weighted by Crippen LogP contribution is -2.31. The highest BCUT2D eigenvalue weighted by atomic mass is 16.5. The van der Waals surface area contributed by atoms with Crippen molar-refractivity contribution in [3.8, 4) is 0 Å². The van der Waals surface area contributed by atoms with E-state index in [0.717, 1.165) is 38.3 Å². The molecule has 0 aromatic carbocycles. The van der Waals surface area contributed by atoms with Crippen LogP contribution < -0.4 is 15.8 Å². The number of anilines is 1. The highest BCUT2D eigenvalue weighted by Crippen LogP contribution is 2.05. The first kappa shape index (κ1) is 17.6. The van der Waals surface area contributed by atoms with E-state index in [4.69, 9.17) is 9.47 Å². The van der Waals surface area contributed by atoms with Gasteiger partial charge < -0.3 is 19.7 Å². The van der Waals surface area contributed by atoms with Gasteiger partial charge in [-0.1, -0.05) is 0 Å². The Labute approximate surface area is 125 Å². The molecule has 7 nitrogen and oxygen atoms in total. The predicted molar refractivity (Wildman–Crippen MR) is 83.0 cm³/mol. The molecular weight excluding hydrogens is 272 g/mol. The number of rotatable bonds is 11. The summed E-state index contributed by atoms with van der Waals surface area (Å²) >= 11 is 0. The largest absolute Gasteiger partial charge is 0.385 e. The van der Waals surface area contributed by atoms with Crippen LogP contribution in [0, 0.1) is 0 Å². The molecule has 0 saturated carbocycles. The Hall–Kier alpha value is -1.44. The molecule has 1 aromatic heterocycles. The minimum Gasteiger partial charge on any atom is -0.385 e. The molecule has 0 bridgehead atoms. The summed E-state index contributed by atoms with van der Waals surface area (Å²) in [6.07, 6.45) is 2.67. The molecule has 0 fully saturated rings. The molecule has 0 amide bonds. The van der Waals surface area contributed by atoms with Crippen LogP contribution in [0.4, 0.5) is 5.69 Å². The van der Waals surface area contributed by atoms with Crippen LogP contribution in [0.2, 0.25) is 0 Å². The molecule has 1 N–H and O–H groups in total. The third-order valence-corrected chi connectivity index (χ3v) is 3.13. The average molecular weight is 298 g/mol. The summed E-state index contributed by atoms with van der Waals surface area (Å²) in [5, 5.41) is 7.45. The molecular formula is C14H26N4O3. The number of nitrogens with one attached hydrogen (secondary N) is 1. The van der Waals surface area contributed by atoms with E-state index >= 15 is 0 Å². The van der Waals surface area contributed by atoms with Gasteiger partial charge in [-0.05, 0) is 13.0 Å². The zero-order valence-electron chi connectivity index (χ0n) is 13.2. The van der Waals surface area contributed by atoms with Gasteiger partial charge >= 0.3 is 0 Å². The Morgan fingerprint density at radius 3 is 2.71 bits per heavy atom. The number of likely N-dealkylation sites (N-methyl/N-ethyl adjacent to an activating group) is 1. The van der Waals surface area contributed by atoms with Gasteiger partial charge in [0.25, 0.3) is 5.56 Å². The molecule has 1 rings (SSSR count). The summed E-state index contributed by atoms with van der Waals surface area (Å²) < 4.78 is 11.5. The van der Waals surface area contributed by atoms with Crippen LogP contribution in [0.25, 0.3) is 0 Å². The molecule has 120 valence electrons. The van der Waals surface area contributed by atoms with Gasteiger partial charge in [0.05, 0.1) is 25.0 Å². The van der Waals surface area contributed by atoms with Crippen LogP contribution in [-0.2, 0) is 16.0 Å². The van der Waals surface area contributed by atoms with E-state index < -0.39 is 0 Å².